The van der Waals surface area contributed by atoms with Gasteiger partial charge in [0.15, 0.2) is 6.10 Å². The number of carbonyl (C=O) groups is 3. The van der Waals surface area contributed by atoms with Crippen LogP contribution in [0.5, 0.6) is 5.75 Å². The molecule has 1 amide bonds. The van der Waals surface area contributed by atoms with Gasteiger partial charge in [0.05, 0.1) is 5.56 Å². The summed E-state index contributed by atoms with van der Waals surface area (Å²) in [5, 5.41) is 41.4. The molecule has 0 bridgehead atoms. The van der Waals surface area contributed by atoms with E-state index in [1.54, 1.807) is 6.92 Å². The van der Waals surface area contributed by atoms with E-state index in [0.29, 0.717) is 12.1 Å². The average molecular weight is 411 g/mol. The summed E-state index contributed by atoms with van der Waals surface area (Å²) >= 11 is 0. The normalized spacial score (nSPS) is 26.4. The van der Waals surface area contributed by atoms with Crippen molar-refractivity contribution in [3.05, 3.63) is 29.3 Å². The largest absolute Gasteiger partial charge is 0.479 e. The minimum atomic E-state index is -1.86. The van der Waals surface area contributed by atoms with Crippen molar-refractivity contribution >= 4 is 25.6 Å². The third-order valence-corrected chi connectivity index (χ3v) is 4.12. The first-order valence-corrected chi connectivity index (χ1v) is 8.79. The third kappa shape index (κ3) is 5.44. The van der Waals surface area contributed by atoms with Crippen LogP contribution in [0, 0.1) is 0 Å². The van der Waals surface area contributed by atoms with E-state index in [2.05, 4.69) is 5.32 Å². The molecule has 1 aromatic carbocycles. The summed E-state index contributed by atoms with van der Waals surface area (Å²) in [6.07, 6.45) is -8.98. The van der Waals surface area contributed by atoms with Crippen molar-refractivity contribution in [3.8, 4) is 5.75 Å². The van der Waals surface area contributed by atoms with Gasteiger partial charge in [-0.15, -0.1) is 0 Å². The number of carbonyl (C=O) groups excluding carboxylic acids is 2. The molecular formula is C17H22BNO10. The van der Waals surface area contributed by atoms with Gasteiger partial charge in [-0.25, -0.2) is 4.79 Å². The molecule has 0 unspecified atom stereocenters. The van der Waals surface area contributed by atoms with E-state index in [1.165, 1.54) is 26.0 Å². The Morgan fingerprint density at radius 2 is 1.86 bits per heavy atom. The van der Waals surface area contributed by atoms with Gasteiger partial charge in [0.2, 0.25) is 20.0 Å². The van der Waals surface area contributed by atoms with Crippen molar-refractivity contribution in [2.24, 2.45) is 0 Å². The van der Waals surface area contributed by atoms with Crippen LogP contribution < -0.4 is 10.1 Å². The lowest BCUT2D eigenvalue weighted by Gasteiger charge is -2.38. The number of aliphatic hydroxyl groups excluding tert-OH is 3. The quantitative estimate of drug-likeness (QED) is 0.315. The molecular weight excluding hydrogens is 389 g/mol. The summed E-state index contributed by atoms with van der Waals surface area (Å²) in [5.74, 6) is -2.67. The first-order valence-electron chi connectivity index (χ1n) is 8.79. The lowest BCUT2D eigenvalue weighted by atomic mass is 9.99. The van der Waals surface area contributed by atoms with Gasteiger partial charge in [0.25, 0.3) is 5.91 Å². The fourth-order valence-corrected chi connectivity index (χ4v) is 2.66. The Labute approximate surface area is 166 Å². The molecule has 158 valence electrons. The zero-order valence-corrected chi connectivity index (χ0v) is 15.8. The highest BCUT2D eigenvalue weighted by Gasteiger charge is 2.48. The highest BCUT2D eigenvalue weighted by molar-refractivity contribution is 6.55. The molecule has 12 heteroatoms. The smallest absolute Gasteiger partial charge is 0.335 e. The Balaban J connectivity index is 2.30. The zero-order chi connectivity index (χ0) is 21.7. The molecule has 29 heavy (non-hydrogen) atoms. The number of nitrogens with one attached hydrogen (secondary N) is 1. The summed E-state index contributed by atoms with van der Waals surface area (Å²) in [5.41, 5.74) is 0.498. The van der Waals surface area contributed by atoms with E-state index in [9.17, 15) is 29.7 Å². The molecule has 1 aliphatic heterocycles. The van der Waals surface area contributed by atoms with Gasteiger partial charge in [0, 0.05) is 6.54 Å². The molecule has 0 aliphatic carbocycles. The van der Waals surface area contributed by atoms with Gasteiger partial charge >= 0.3 is 5.97 Å². The van der Waals surface area contributed by atoms with Crippen molar-refractivity contribution in [2.75, 3.05) is 6.54 Å². The molecule has 0 saturated carbocycles. The minimum Gasteiger partial charge on any atom is -0.479 e. The maximum absolute atomic E-state index is 12.4. The van der Waals surface area contributed by atoms with Gasteiger partial charge < -0.3 is 40.0 Å². The number of aliphatic carboxylic acids is 1. The minimum absolute atomic E-state index is 0.0137. The fraction of sp³-hybridized carbons (Fsp3) is 0.471. The van der Waals surface area contributed by atoms with Gasteiger partial charge in [-0.3, -0.25) is 9.59 Å². The Morgan fingerprint density at radius 3 is 2.45 bits per heavy atom. The summed E-state index contributed by atoms with van der Waals surface area (Å²) in [6.45, 7) is 1.92. The van der Waals surface area contributed by atoms with Crippen LogP contribution in [0.15, 0.2) is 18.2 Å². The van der Waals surface area contributed by atoms with Crippen molar-refractivity contribution in [3.63, 3.8) is 0 Å². The van der Waals surface area contributed by atoms with Crippen LogP contribution >= 0.6 is 0 Å². The first kappa shape index (κ1) is 22.6. The number of carboxylic acid groups (broad SMARTS) is 1. The molecule has 0 radical (unpaired) electrons. The van der Waals surface area contributed by atoms with E-state index in [-0.39, 0.29) is 17.9 Å². The molecule has 0 aromatic heterocycles. The van der Waals surface area contributed by atoms with Crippen molar-refractivity contribution in [1.29, 1.82) is 0 Å². The van der Waals surface area contributed by atoms with Gasteiger partial charge in [-0.2, -0.15) is 0 Å². The number of hydrogen-bond acceptors (Lipinski definition) is 9. The second kappa shape index (κ2) is 9.70. The highest BCUT2D eigenvalue weighted by Crippen LogP contribution is 2.28. The second-order valence-corrected chi connectivity index (χ2v) is 6.32. The topological polar surface area (TPSA) is 172 Å². The van der Waals surface area contributed by atoms with E-state index in [0.717, 1.165) is 0 Å². The van der Waals surface area contributed by atoms with Crippen LogP contribution in [-0.4, -0.2) is 83.3 Å². The Bertz CT molecular complexity index is 773. The monoisotopic (exact) mass is 411 g/mol. The summed E-state index contributed by atoms with van der Waals surface area (Å²) in [7, 11) is 1.24. The zero-order valence-electron chi connectivity index (χ0n) is 15.8. The Kier molecular flexibility index (Phi) is 7.56. The van der Waals surface area contributed by atoms with Gasteiger partial charge in [0.1, 0.15) is 30.7 Å². The van der Waals surface area contributed by atoms with Crippen molar-refractivity contribution in [2.45, 2.75) is 44.2 Å². The van der Waals surface area contributed by atoms with Crippen LogP contribution in [-0.2, 0) is 20.9 Å². The number of carboxylic acids is 1. The van der Waals surface area contributed by atoms with E-state index >= 15 is 0 Å². The molecule has 1 fully saturated rings. The number of ether oxygens (including phenoxy) is 3. The number of hydrogen-bond donors (Lipinski definition) is 5. The van der Waals surface area contributed by atoms with Gasteiger partial charge in [-0.05, 0) is 24.6 Å². The van der Waals surface area contributed by atoms with Crippen LogP contribution in [0.1, 0.15) is 22.8 Å². The molecule has 1 aliphatic rings. The summed E-state index contributed by atoms with van der Waals surface area (Å²) in [4.78, 5) is 34.6. The standard InChI is InChI=1S/C17H22BNO10/c1-2-19-14(23)8-5-7(6-27-17(18)26)3-4-9(8)28-16-12(22)10(20)11(21)13(29-16)15(24)25/h3-5,10-13,16,20-22H,2,6,18H2,1H3,(H,19,23)(H,24,25)/t10-,11-,12+,13-,16+/m0/s1. The fourth-order valence-electron chi connectivity index (χ4n) is 2.66. The second-order valence-electron chi connectivity index (χ2n) is 6.32. The van der Waals surface area contributed by atoms with E-state index < -0.39 is 48.5 Å². The SMILES string of the molecule is BC(=O)OCc1ccc(O[C@@H]2O[C@H](C(=O)O)[C@@H](O)[C@H](O)[C@H]2O)c(C(=O)NCC)c1. The number of amides is 1. The average Bonchev–Trinajstić information content (AvgIpc) is 2.67. The predicted octanol–water partition coefficient (Wildman–Crippen LogP) is -2.02. The maximum atomic E-state index is 12.4. The first-order chi connectivity index (χ1) is 13.6. The van der Waals surface area contributed by atoms with Crippen molar-refractivity contribution in [1.82, 2.24) is 5.32 Å². The van der Waals surface area contributed by atoms with Crippen LogP contribution in [0.4, 0.5) is 4.79 Å². The van der Waals surface area contributed by atoms with E-state index in [4.69, 9.17) is 19.3 Å². The molecule has 1 aromatic rings. The summed E-state index contributed by atoms with van der Waals surface area (Å²) in [6, 6.07) is 4.25. The van der Waals surface area contributed by atoms with Gasteiger partial charge in [-0.1, -0.05) is 6.07 Å². The molecule has 0 spiro atoms. The molecule has 11 nitrogen and oxygen atoms in total. The Hall–Kier alpha value is -2.67. The van der Waals surface area contributed by atoms with E-state index in [1.807, 2.05) is 0 Å². The molecule has 1 heterocycles. The molecule has 5 N–H and O–H groups in total. The predicted molar refractivity (Wildman–Crippen MR) is 98.1 cm³/mol. The lowest BCUT2D eigenvalue weighted by molar-refractivity contribution is -0.271. The van der Waals surface area contributed by atoms with Crippen LogP contribution in [0.25, 0.3) is 0 Å². The highest BCUT2D eigenvalue weighted by atomic mass is 16.7. The molecule has 2 rings (SSSR count). The maximum Gasteiger partial charge on any atom is 0.335 e. The number of aliphatic hydroxyl groups is 3. The van der Waals surface area contributed by atoms with Crippen LogP contribution in [0.2, 0.25) is 0 Å². The lowest BCUT2D eigenvalue weighted by Crippen LogP contribution is -2.61. The summed E-state index contributed by atoms with van der Waals surface area (Å²) < 4.78 is 15.4. The Morgan fingerprint density at radius 1 is 1.17 bits per heavy atom. The third-order valence-electron chi connectivity index (χ3n) is 4.12. The number of benzene rings is 1. The molecule has 5 atom stereocenters. The number of rotatable bonds is 7. The van der Waals surface area contributed by atoms with Crippen molar-refractivity contribution < 1.29 is 49.0 Å². The molecule has 1 saturated heterocycles. The van der Waals surface area contributed by atoms with Crippen LogP contribution in [0.3, 0.4) is 0 Å².